The van der Waals surface area contributed by atoms with Gasteiger partial charge in [-0.25, -0.2) is 13.2 Å². The number of ether oxygens (including phenoxy) is 3. The first-order chi connectivity index (χ1) is 20.7. The lowest BCUT2D eigenvalue weighted by molar-refractivity contribution is -0.0907. The number of amides is 1. The van der Waals surface area contributed by atoms with Crippen LogP contribution in [0, 0.1) is 11.8 Å². The van der Waals surface area contributed by atoms with Gasteiger partial charge in [0.05, 0.1) is 41.6 Å². The lowest BCUT2D eigenvalue weighted by Crippen LogP contribution is -2.51. The summed E-state index contributed by atoms with van der Waals surface area (Å²) in [4.78, 5) is 13.3. The van der Waals surface area contributed by atoms with Crippen molar-refractivity contribution < 1.29 is 42.1 Å². The fourth-order valence-electron chi connectivity index (χ4n) is 4.01. The van der Waals surface area contributed by atoms with Gasteiger partial charge in [0.25, 0.3) is 0 Å². The van der Waals surface area contributed by atoms with Crippen LogP contribution < -0.4 is 11.1 Å². The average molecular weight is 555 g/mol. The molecule has 0 aromatic heterocycles. The molecule has 2 fully saturated rings. The molecule has 4 rings (SSSR count). The minimum atomic E-state index is -4.15. The van der Waals surface area contributed by atoms with Crippen molar-refractivity contribution in [3.05, 3.63) is 60.2 Å². The highest BCUT2D eigenvalue weighted by Crippen LogP contribution is 2.33. The van der Waals surface area contributed by atoms with Crippen molar-refractivity contribution in [3.8, 4) is 0 Å². The van der Waals surface area contributed by atoms with Gasteiger partial charge in [0.15, 0.2) is 6.27 Å². The standard InChI is InChI=1S/C27H37N3O7S/c1-18(2)15-30(38(33,34)21-10-8-20(28)9-11-21)16-24(31)23(14-19-6-4-3-5-7-19)29-27(32)37-25-17-36-26-22(25)12-13-35-26/h3-11,18,22-26,31H,12-17,28H2,1-2H3,(H,29,32)/t22-,23-,24+,25-,26+/m0/s1/i12D2,17D2,22D,25D,26D. The van der Waals surface area contributed by atoms with E-state index in [0.717, 1.165) is 4.31 Å². The Kier molecular flexibility index (Phi) is 6.62. The number of aliphatic hydroxyl groups excluding tert-OH is 1. The highest BCUT2D eigenvalue weighted by atomic mass is 32.2. The van der Waals surface area contributed by atoms with Crippen LogP contribution in [0.1, 0.15) is 35.4 Å². The van der Waals surface area contributed by atoms with Crippen LogP contribution in [0.3, 0.4) is 0 Å². The van der Waals surface area contributed by atoms with E-state index in [0.29, 0.717) is 11.3 Å². The summed E-state index contributed by atoms with van der Waals surface area (Å²) in [5, 5.41) is 13.8. The van der Waals surface area contributed by atoms with Gasteiger partial charge >= 0.3 is 6.09 Å². The van der Waals surface area contributed by atoms with Crippen molar-refractivity contribution in [1.82, 2.24) is 9.62 Å². The summed E-state index contributed by atoms with van der Waals surface area (Å²) in [5.41, 5.74) is 6.68. The topological polar surface area (TPSA) is 140 Å². The number of alkyl carbamates (subject to hydrolysis) is 1. The molecule has 0 bridgehead atoms. The van der Waals surface area contributed by atoms with E-state index in [1.54, 1.807) is 44.2 Å². The number of carbonyl (C=O) groups is 1. The summed E-state index contributed by atoms with van der Waals surface area (Å²) in [5.74, 6) is -3.36. The van der Waals surface area contributed by atoms with E-state index >= 15 is 0 Å². The first-order valence-electron chi connectivity index (χ1n) is 15.6. The van der Waals surface area contributed by atoms with Crippen LogP contribution in [0.4, 0.5) is 10.5 Å². The number of benzene rings is 2. The number of nitrogen functional groups attached to an aromatic ring is 1. The summed E-state index contributed by atoms with van der Waals surface area (Å²) in [7, 11) is -4.15. The summed E-state index contributed by atoms with van der Waals surface area (Å²) < 4.78 is 102. The molecule has 4 N–H and O–H groups in total. The maximum absolute atomic E-state index is 13.6. The Balaban J connectivity index is 1.63. The van der Waals surface area contributed by atoms with Gasteiger partial charge in [-0.2, -0.15) is 4.31 Å². The molecule has 1 amide bonds. The second kappa shape index (κ2) is 12.4. The number of nitrogens with two attached hydrogens (primary N) is 1. The molecule has 11 heteroatoms. The van der Waals surface area contributed by atoms with Crippen LogP contribution in [0.15, 0.2) is 59.5 Å². The molecule has 0 saturated carbocycles. The third-order valence-electron chi connectivity index (χ3n) is 5.86. The van der Waals surface area contributed by atoms with Crippen LogP contribution in [0.5, 0.6) is 0 Å². The Morgan fingerprint density at radius 2 is 1.92 bits per heavy atom. The van der Waals surface area contributed by atoms with Gasteiger partial charge in [0.1, 0.15) is 6.08 Å². The largest absolute Gasteiger partial charge is 0.443 e. The molecular formula is C27H37N3O7S. The second-order valence-corrected chi connectivity index (χ2v) is 11.3. The Hall–Kier alpha value is -2.70. The molecule has 2 heterocycles. The van der Waals surface area contributed by atoms with Crippen LogP contribution in [0.25, 0.3) is 0 Å². The molecule has 0 spiro atoms. The molecule has 38 heavy (non-hydrogen) atoms. The summed E-state index contributed by atoms with van der Waals surface area (Å²) >= 11 is 0. The minimum absolute atomic E-state index is 0.00166. The third-order valence-corrected chi connectivity index (χ3v) is 7.70. The Morgan fingerprint density at radius 3 is 2.61 bits per heavy atom. The van der Waals surface area contributed by atoms with Crippen LogP contribution in [-0.4, -0.2) is 74.7 Å². The number of nitrogens with one attached hydrogen (secondary N) is 1. The fraction of sp³-hybridized carbons (Fsp3) is 0.519. The van der Waals surface area contributed by atoms with Crippen LogP contribution in [-0.2, 0) is 30.7 Å². The number of rotatable bonds is 11. The van der Waals surface area contributed by atoms with Crippen LogP contribution in [0.2, 0.25) is 0 Å². The maximum Gasteiger partial charge on any atom is 0.407 e. The quantitative estimate of drug-likeness (QED) is 0.360. The SMILES string of the molecule is [2H]C1([2H])CO[C@]2([2H])OC([2H])([2H])[C@]([2H])(OC(=O)N[C@@H](Cc3ccccc3)[C@H](O)CN(CC(C)C)S(=O)(=O)c3ccc(N)cc3)[C@]12[2H]. The Labute approximate surface area is 233 Å². The number of hydrogen-bond acceptors (Lipinski definition) is 8. The van der Waals surface area contributed by atoms with E-state index in [2.05, 4.69) is 5.32 Å². The predicted octanol–water partition coefficient (Wildman–Crippen LogP) is 2.38. The minimum Gasteiger partial charge on any atom is -0.443 e. The van der Waals surface area contributed by atoms with Crippen LogP contribution >= 0.6 is 0 Å². The van der Waals surface area contributed by atoms with E-state index < -0.39 is 72.6 Å². The molecule has 0 unspecified atom stereocenters. The molecule has 2 aromatic rings. The van der Waals surface area contributed by atoms with Crippen molar-refractivity contribution in [1.29, 1.82) is 0 Å². The lowest BCUT2D eigenvalue weighted by Gasteiger charge is -2.31. The van der Waals surface area contributed by atoms with E-state index in [1.165, 1.54) is 24.3 Å². The molecule has 0 aliphatic carbocycles. The monoisotopic (exact) mass is 554 g/mol. The predicted molar refractivity (Wildman–Crippen MR) is 142 cm³/mol. The zero-order valence-electron chi connectivity index (χ0n) is 28.1. The van der Waals surface area contributed by atoms with E-state index in [4.69, 9.17) is 29.5 Å². The molecule has 2 aliphatic rings. The normalized spacial score (nSPS) is 34.0. The fourth-order valence-corrected chi connectivity index (χ4v) is 5.64. The molecule has 10 nitrogen and oxygen atoms in total. The zero-order valence-corrected chi connectivity index (χ0v) is 21.9. The highest BCUT2D eigenvalue weighted by molar-refractivity contribution is 7.89. The van der Waals surface area contributed by atoms with E-state index in [-0.39, 0.29) is 23.8 Å². The van der Waals surface area contributed by atoms with Gasteiger partial charge in [0, 0.05) is 22.9 Å². The summed E-state index contributed by atoms with van der Waals surface area (Å²) in [6, 6.07) is 12.8. The molecule has 5 atom stereocenters. The number of nitrogens with zero attached hydrogens (tertiary/aromatic N) is 1. The Bertz CT molecular complexity index is 1490. The van der Waals surface area contributed by atoms with E-state index in [9.17, 15) is 18.3 Å². The maximum atomic E-state index is 13.6. The van der Waals surface area contributed by atoms with Crippen molar-refractivity contribution in [3.63, 3.8) is 0 Å². The Morgan fingerprint density at radius 1 is 1.21 bits per heavy atom. The first kappa shape index (κ1) is 20.2. The second-order valence-electron chi connectivity index (χ2n) is 9.34. The van der Waals surface area contributed by atoms with Gasteiger partial charge < -0.3 is 30.4 Å². The van der Waals surface area contributed by atoms with Gasteiger partial charge in [-0.3, -0.25) is 0 Å². The van der Waals surface area contributed by atoms with Crippen molar-refractivity contribution in [2.24, 2.45) is 11.8 Å². The summed E-state index contributed by atoms with van der Waals surface area (Å²) in [6.07, 6.45) is -12.5. The molecular weight excluding hydrogens is 510 g/mol. The van der Waals surface area contributed by atoms with E-state index in [1.807, 2.05) is 0 Å². The smallest absolute Gasteiger partial charge is 0.407 e. The van der Waals surface area contributed by atoms with Crippen molar-refractivity contribution in [2.75, 3.05) is 32.0 Å². The number of fused-ring (bicyclic) bond motifs is 1. The first-order valence-corrected chi connectivity index (χ1v) is 13.5. The number of aliphatic hydroxyl groups is 1. The molecule has 2 saturated heterocycles. The number of sulfonamides is 1. The molecule has 208 valence electrons. The number of carbonyl (C=O) groups excluding carboxylic acids is 1. The lowest BCUT2D eigenvalue weighted by atomic mass is 10.0. The molecule has 2 aliphatic heterocycles. The molecule has 0 radical (unpaired) electrons. The third kappa shape index (κ3) is 7.03. The zero-order chi connectivity index (χ0) is 33.6. The van der Waals surface area contributed by atoms with Crippen molar-refractivity contribution >= 4 is 21.8 Å². The van der Waals surface area contributed by atoms with Gasteiger partial charge in [-0.1, -0.05) is 44.2 Å². The molecule has 2 aromatic carbocycles. The number of hydrogen-bond donors (Lipinski definition) is 3. The van der Waals surface area contributed by atoms with Gasteiger partial charge in [-0.15, -0.1) is 0 Å². The average Bonchev–Trinajstić information content (AvgIpc) is 3.19. The van der Waals surface area contributed by atoms with Crippen molar-refractivity contribution in [2.45, 2.75) is 56.0 Å². The van der Waals surface area contributed by atoms with Gasteiger partial charge in [0.2, 0.25) is 10.0 Å². The highest BCUT2D eigenvalue weighted by Gasteiger charge is 2.44. The summed E-state index contributed by atoms with van der Waals surface area (Å²) in [6.45, 7) is -1.18. The van der Waals surface area contributed by atoms with Gasteiger partial charge in [-0.05, 0) is 48.5 Å². The number of anilines is 1.